The Morgan fingerprint density at radius 3 is 2.52 bits per heavy atom. The first-order valence-electron chi connectivity index (χ1n) is 6.95. The van der Waals surface area contributed by atoms with Gasteiger partial charge in [-0.15, -0.1) is 0 Å². The molecule has 6 nitrogen and oxygen atoms in total. The molecule has 2 fully saturated rings. The zero-order valence-corrected chi connectivity index (χ0v) is 12.0. The molecule has 0 radical (unpaired) electrons. The first-order valence-corrected chi connectivity index (χ1v) is 6.95. The third-order valence-corrected chi connectivity index (χ3v) is 3.88. The monoisotopic (exact) mass is 296 g/mol. The van der Waals surface area contributed by atoms with E-state index in [0.29, 0.717) is 6.61 Å². The third-order valence-electron chi connectivity index (χ3n) is 3.88. The Labute approximate surface area is 123 Å². The van der Waals surface area contributed by atoms with Crippen molar-refractivity contribution in [2.45, 2.75) is 37.0 Å². The highest BCUT2D eigenvalue weighted by atomic mass is 16.8. The summed E-state index contributed by atoms with van der Waals surface area (Å²) in [5, 5.41) is 10.2. The third kappa shape index (κ3) is 2.83. The van der Waals surface area contributed by atoms with Gasteiger partial charge in [0.05, 0.1) is 6.61 Å². The van der Waals surface area contributed by atoms with Crippen LogP contribution in [-0.4, -0.2) is 56.6 Å². The Balaban J connectivity index is 1.77. The van der Waals surface area contributed by atoms with E-state index in [9.17, 15) is 5.11 Å². The van der Waals surface area contributed by atoms with Crippen molar-refractivity contribution in [2.24, 2.45) is 0 Å². The van der Waals surface area contributed by atoms with Crippen LogP contribution in [-0.2, 0) is 23.7 Å². The first-order chi connectivity index (χ1) is 10.2. The minimum atomic E-state index is -0.907. The van der Waals surface area contributed by atoms with Gasteiger partial charge in [-0.1, -0.05) is 30.3 Å². The van der Waals surface area contributed by atoms with Crippen molar-refractivity contribution < 1.29 is 28.8 Å². The maximum absolute atomic E-state index is 10.2. The predicted molar refractivity (Wildman–Crippen MR) is 72.5 cm³/mol. The van der Waals surface area contributed by atoms with Gasteiger partial charge in [-0.25, -0.2) is 0 Å². The zero-order chi connectivity index (χ0) is 14.8. The summed E-state index contributed by atoms with van der Waals surface area (Å²) in [6.07, 6.45) is -3.39. The standard InChI is InChI=1S/C15H20O6/c1-17-13-11(16)15(18-2)20-10-8-19-14(21-12(10)13)9-6-4-3-5-7-9/h3-7,10-16H,8H2,1-2H3/t10-,11-,12-,13+,14+,15-/m1/s1. The van der Waals surface area contributed by atoms with E-state index in [-0.39, 0.29) is 6.10 Å². The molecule has 1 aromatic rings. The van der Waals surface area contributed by atoms with E-state index in [1.54, 1.807) is 7.11 Å². The van der Waals surface area contributed by atoms with Crippen molar-refractivity contribution in [3.8, 4) is 0 Å². The number of fused-ring (bicyclic) bond motifs is 1. The maximum atomic E-state index is 10.2. The average molecular weight is 296 g/mol. The van der Waals surface area contributed by atoms with Crippen LogP contribution < -0.4 is 0 Å². The highest BCUT2D eigenvalue weighted by molar-refractivity contribution is 5.16. The lowest BCUT2D eigenvalue weighted by molar-refractivity contribution is -0.360. The fraction of sp³-hybridized carbons (Fsp3) is 0.600. The van der Waals surface area contributed by atoms with E-state index in [4.69, 9.17) is 23.7 Å². The molecule has 0 aliphatic carbocycles. The van der Waals surface area contributed by atoms with Crippen molar-refractivity contribution in [1.82, 2.24) is 0 Å². The lowest BCUT2D eigenvalue weighted by atomic mass is 9.97. The van der Waals surface area contributed by atoms with Crippen LogP contribution in [0, 0.1) is 0 Å². The normalized spacial score (nSPS) is 39.8. The van der Waals surface area contributed by atoms with Gasteiger partial charge in [-0.3, -0.25) is 0 Å². The van der Waals surface area contributed by atoms with Crippen molar-refractivity contribution in [2.75, 3.05) is 20.8 Å². The van der Waals surface area contributed by atoms with E-state index in [1.165, 1.54) is 7.11 Å². The lowest BCUT2D eigenvalue weighted by Gasteiger charge is -2.47. The Kier molecular flexibility index (Phi) is 4.54. The second kappa shape index (κ2) is 6.39. The minimum absolute atomic E-state index is 0.330. The number of aliphatic hydroxyl groups is 1. The van der Waals surface area contributed by atoms with Crippen molar-refractivity contribution >= 4 is 0 Å². The molecule has 0 bridgehead atoms. The molecule has 0 unspecified atom stereocenters. The fourth-order valence-corrected chi connectivity index (χ4v) is 2.81. The molecule has 0 spiro atoms. The molecule has 21 heavy (non-hydrogen) atoms. The van der Waals surface area contributed by atoms with Crippen LogP contribution in [0.5, 0.6) is 0 Å². The average Bonchev–Trinajstić information content (AvgIpc) is 2.54. The number of benzene rings is 1. The summed E-state index contributed by atoms with van der Waals surface area (Å²) in [4.78, 5) is 0. The van der Waals surface area contributed by atoms with Crippen LogP contribution in [0.3, 0.4) is 0 Å². The smallest absolute Gasteiger partial charge is 0.186 e. The van der Waals surface area contributed by atoms with Crippen LogP contribution in [0.25, 0.3) is 0 Å². The molecular formula is C15H20O6. The molecule has 6 heteroatoms. The number of methoxy groups -OCH3 is 2. The molecule has 3 rings (SSSR count). The zero-order valence-electron chi connectivity index (χ0n) is 12.0. The Morgan fingerprint density at radius 1 is 1.10 bits per heavy atom. The summed E-state index contributed by atoms with van der Waals surface area (Å²) in [6, 6.07) is 9.66. The van der Waals surface area contributed by atoms with Gasteiger partial charge in [-0.05, 0) is 0 Å². The lowest BCUT2D eigenvalue weighted by Crippen LogP contribution is -2.62. The number of rotatable bonds is 3. The van der Waals surface area contributed by atoms with Gasteiger partial charge in [-0.2, -0.15) is 0 Å². The summed E-state index contributed by atoms with van der Waals surface area (Å²) >= 11 is 0. The van der Waals surface area contributed by atoms with E-state index in [2.05, 4.69) is 0 Å². The molecule has 2 heterocycles. The Hall–Kier alpha value is -1.02. The molecular weight excluding hydrogens is 276 g/mol. The van der Waals surface area contributed by atoms with E-state index < -0.39 is 30.9 Å². The van der Waals surface area contributed by atoms with Gasteiger partial charge in [0.25, 0.3) is 0 Å². The van der Waals surface area contributed by atoms with Crippen LogP contribution in [0.1, 0.15) is 11.9 Å². The summed E-state index contributed by atoms with van der Waals surface area (Å²) in [7, 11) is 3.03. The number of hydrogen-bond acceptors (Lipinski definition) is 6. The maximum Gasteiger partial charge on any atom is 0.186 e. The molecule has 0 aromatic heterocycles. The number of ether oxygens (including phenoxy) is 5. The summed E-state index contributed by atoms with van der Waals surface area (Å²) in [5.41, 5.74) is 0.925. The van der Waals surface area contributed by atoms with Crippen molar-refractivity contribution in [1.29, 1.82) is 0 Å². The SMILES string of the molecule is CO[C@@H]1O[C@@H]2CO[C@H](c3ccccc3)O[C@H]2[C@@H](OC)[C@H]1O. The van der Waals surface area contributed by atoms with Crippen molar-refractivity contribution in [3.05, 3.63) is 35.9 Å². The van der Waals surface area contributed by atoms with Crippen LogP contribution >= 0.6 is 0 Å². The van der Waals surface area contributed by atoms with Gasteiger partial charge in [0.2, 0.25) is 0 Å². The molecule has 6 atom stereocenters. The highest BCUT2D eigenvalue weighted by Crippen LogP contribution is 2.35. The summed E-state index contributed by atoms with van der Waals surface area (Å²) in [5.74, 6) is 0. The highest BCUT2D eigenvalue weighted by Gasteiger charge is 2.49. The van der Waals surface area contributed by atoms with E-state index in [0.717, 1.165) is 5.56 Å². The molecule has 1 aromatic carbocycles. The van der Waals surface area contributed by atoms with Crippen LogP contribution in [0.4, 0.5) is 0 Å². The van der Waals surface area contributed by atoms with Gasteiger partial charge in [0.1, 0.15) is 24.4 Å². The second-order valence-corrected chi connectivity index (χ2v) is 5.15. The number of aliphatic hydroxyl groups excluding tert-OH is 1. The largest absolute Gasteiger partial charge is 0.385 e. The van der Waals surface area contributed by atoms with Gasteiger partial charge in [0.15, 0.2) is 12.6 Å². The first kappa shape index (κ1) is 14.9. The Bertz CT molecular complexity index is 453. The quantitative estimate of drug-likeness (QED) is 0.892. The van der Waals surface area contributed by atoms with Crippen molar-refractivity contribution in [3.63, 3.8) is 0 Å². The summed E-state index contributed by atoms with van der Waals surface area (Å²) < 4.78 is 27.9. The number of hydrogen-bond donors (Lipinski definition) is 1. The molecule has 0 amide bonds. The van der Waals surface area contributed by atoms with Crippen LogP contribution in [0.2, 0.25) is 0 Å². The van der Waals surface area contributed by atoms with E-state index in [1.807, 2.05) is 30.3 Å². The molecule has 2 aliphatic heterocycles. The van der Waals surface area contributed by atoms with Gasteiger partial charge >= 0.3 is 0 Å². The van der Waals surface area contributed by atoms with E-state index >= 15 is 0 Å². The topological polar surface area (TPSA) is 66.4 Å². The molecule has 2 saturated heterocycles. The molecule has 2 aliphatic rings. The van der Waals surface area contributed by atoms with Gasteiger partial charge < -0.3 is 28.8 Å². The molecule has 0 saturated carbocycles. The minimum Gasteiger partial charge on any atom is -0.385 e. The fourth-order valence-electron chi connectivity index (χ4n) is 2.81. The predicted octanol–water partition coefficient (Wildman–Crippen LogP) is 0.848. The van der Waals surface area contributed by atoms with Crippen LogP contribution in [0.15, 0.2) is 30.3 Å². The second-order valence-electron chi connectivity index (χ2n) is 5.15. The molecule has 1 N–H and O–H groups in total. The Morgan fingerprint density at radius 2 is 1.86 bits per heavy atom. The molecule has 116 valence electrons. The van der Waals surface area contributed by atoms with Gasteiger partial charge in [0, 0.05) is 19.8 Å². The summed E-state index contributed by atoms with van der Waals surface area (Å²) in [6.45, 7) is 0.358.